The molecule has 0 radical (unpaired) electrons. The first-order valence-electron chi connectivity index (χ1n) is 7.02. The molecular weight excluding hydrogens is 281 g/mol. The van der Waals surface area contributed by atoms with Crippen molar-refractivity contribution < 1.29 is 18.0 Å². The van der Waals surface area contributed by atoms with Crippen LogP contribution < -0.4 is 5.73 Å². The standard InChI is InChI=1S/C15H19F3N2O/c1-9(19)10-4-6-20(7-5-10)15(21)11-2-3-12(14(17)18)13(16)8-11/h2-3,8-10,14H,4-7,19H2,1H3/t9-/m0/s1. The summed E-state index contributed by atoms with van der Waals surface area (Å²) in [5, 5.41) is 0. The smallest absolute Gasteiger partial charge is 0.266 e. The van der Waals surface area contributed by atoms with E-state index in [1.165, 1.54) is 6.07 Å². The molecule has 1 aromatic carbocycles. The third-order valence-corrected chi connectivity index (χ3v) is 4.05. The maximum atomic E-state index is 13.5. The van der Waals surface area contributed by atoms with Crippen LogP contribution in [0.25, 0.3) is 0 Å². The summed E-state index contributed by atoms with van der Waals surface area (Å²) in [5.41, 5.74) is 5.27. The zero-order chi connectivity index (χ0) is 15.6. The summed E-state index contributed by atoms with van der Waals surface area (Å²) >= 11 is 0. The number of nitrogens with zero attached hydrogens (tertiary/aromatic N) is 1. The van der Waals surface area contributed by atoms with Crippen molar-refractivity contribution in [2.24, 2.45) is 11.7 Å². The van der Waals surface area contributed by atoms with Gasteiger partial charge in [-0.05, 0) is 43.9 Å². The quantitative estimate of drug-likeness (QED) is 0.933. The van der Waals surface area contributed by atoms with E-state index < -0.39 is 17.8 Å². The maximum absolute atomic E-state index is 13.5. The van der Waals surface area contributed by atoms with Crippen molar-refractivity contribution in [3.63, 3.8) is 0 Å². The Hall–Kier alpha value is -1.56. The molecule has 0 spiro atoms. The van der Waals surface area contributed by atoms with Crippen molar-refractivity contribution in [1.82, 2.24) is 4.90 Å². The summed E-state index contributed by atoms with van der Waals surface area (Å²) in [5.74, 6) is -0.980. The van der Waals surface area contributed by atoms with E-state index >= 15 is 0 Å². The van der Waals surface area contributed by atoms with Gasteiger partial charge in [-0.15, -0.1) is 0 Å². The zero-order valence-corrected chi connectivity index (χ0v) is 11.9. The van der Waals surface area contributed by atoms with E-state index in [0.717, 1.165) is 25.0 Å². The van der Waals surface area contributed by atoms with Gasteiger partial charge >= 0.3 is 0 Å². The number of halogens is 3. The summed E-state index contributed by atoms with van der Waals surface area (Å²) in [4.78, 5) is 13.9. The van der Waals surface area contributed by atoms with Gasteiger partial charge in [-0.2, -0.15) is 0 Å². The molecule has 1 aromatic rings. The maximum Gasteiger partial charge on any atom is 0.266 e. The Labute approximate surface area is 121 Å². The van der Waals surface area contributed by atoms with Crippen LogP contribution in [0, 0.1) is 11.7 Å². The summed E-state index contributed by atoms with van der Waals surface area (Å²) in [6.07, 6.45) is -1.27. The average Bonchev–Trinajstić information content (AvgIpc) is 2.46. The van der Waals surface area contributed by atoms with Crippen molar-refractivity contribution >= 4 is 5.91 Å². The van der Waals surface area contributed by atoms with Gasteiger partial charge in [0.05, 0.1) is 5.56 Å². The van der Waals surface area contributed by atoms with Crippen LogP contribution in [0.1, 0.15) is 42.1 Å². The molecule has 1 aliphatic heterocycles. The molecule has 1 heterocycles. The second-order valence-electron chi connectivity index (χ2n) is 5.53. The van der Waals surface area contributed by atoms with E-state index in [4.69, 9.17) is 5.73 Å². The Kier molecular flexibility index (Phi) is 4.88. The fourth-order valence-corrected chi connectivity index (χ4v) is 2.65. The molecule has 2 N–H and O–H groups in total. The number of alkyl halides is 2. The molecule has 1 atom stereocenters. The first kappa shape index (κ1) is 15.8. The third-order valence-electron chi connectivity index (χ3n) is 4.05. The van der Waals surface area contributed by atoms with E-state index in [1.807, 2.05) is 6.92 Å². The molecule has 1 aliphatic rings. The van der Waals surface area contributed by atoms with E-state index in [0.29, 0.717) is 19.0 Å². The minimum Gasteiger partial charge on any atom is -0.339 e. The molecule has 3 nitrogen and oxygen atoms in total. The highest BCUT2D eigenvalue weighted by molar-refractivity contribution is 5.94. The Balaban J connectivity index is 2.06. The predicted octanol–water partition coefficient (Wildman–Crippen LogP) is 2.96. The molecule has 0 aliphatic carbocycles. The number of likely N-dealkylation sites (tertiary alicyclic amines) is 1. The molecule has 0 unspecified atom stereocenters. The summed E-state index contributed by atoms with van der Waals surface area (Å²) in [6.45, 7) is 3.06. The number of hydrogen-bond acceptors (Lipinski definition) is 2. The Morgan fingerprint density at radius 2 is 1.95 bits per heavy atom. The van der Waals surface area contributed by atoms with Crippen LogP contribution in [0.3, 0.4) is 0 Å². The fraction of sp³-hybridized carbons (Fsp3) is 0.533. The highest BCUT2D eigenvalue weighted by Crippen LogP contribution is 2.25. The second-order valence-corrected chi connectivity index (χ2v) is 5.53. The second kappa shape index (κ2) is 6.47. The molecule has 21 heavy (non-hydrogen) atoms. The number of amides is 1. The summed E-state index contributed by atoms with van der Waals surface area (Å²) in [7, 11) is 0. The molecule has 0 saturated carbocycles. The van der Waals surface area contributed by atoms with E-state index in [2.05, 4.69) is 0 Å². The van der Waals surface area contributed by atoms with Gasteiger partial charge in [0.1, 0.15) is 5.82 Å². The monoisotopic (exact) mass is 300 g/mol. The zero-order valence-electron chi connectivity index (χ0n) is 11.9. The van der Waals surface area contributed by atoms with Gasteiger partial charge in [-0.1, -0.05) is 0 Å². The van der Waals surface area contributed by atoms with Crippen LogP contribution in [0.15, 0.2) is 18.2 Å². The van der Waals surface area contributed by atoms with Crippen LogP contribution in [0.2, 0.25) is 0 Å². The molecule has 0 bridgehead atoms. The van der Waals surface area contributed by atoms with E-state index in [-0.39, 0.29) is 17.5 Å². The molecule has 1 amide bonds. The Bertz CT molecular complexity index is 512. The first-order chi connectivity index (χ1) is 9.90. The van der Waals surface area contributed by atoms with Gasteiger partial charge in [-0.3, -0.25) is 4.79 Å². The van der Waals surface area contributed by atoms with Crippen LogP contribution in [0.5, 0.6) is 0 Å². The van der Waals surface area contributed by atoms with Gasteiger partial charge in [0.15, 0.2) is 0 Å². The number of benzene rings is 1. The van der Waals surface area contributed by atoms with Crippen molar-refractivity contribution in [2.75, 3.05) is 13.1 Å². The molecule has 2 rings (SSSR count). The van der Waals surface area contributed by atoms with E-state index in [1.54, 1.807) is 4.90 Å². The number of piperidine rings is 1. The van der Waals surface area contributed by atoms with Crippen molar-refractivity contribution in [3.05, 3.63) is 35.1 Å². The molecule has 6 heteroatoms. The average molecular weight is 300 g/mol. The largest absolute Gasteiger partial charge is 0.339 e. The Morgan fingerprint density at radius 3 is 2.43 bits per heavy atom. The van der Waals surface area contributed by atoms with Crippen LogP contribution in [-0.4, -0.2) is 29.9 Å². The van der Waals surface area contributed by atoms with Gasteiger partial charge in [-0.25, -0.2) is 13.2 Å². The van der Waals surface area contributed by atoms with Gasteiger partial charge in [0.25, 0.3) is 12.3 Å². The lowest BCUT2D eigenvalue weighted by Gasteiger charge is -2.33. The van der Waals surface area contributed by atoms with Gasteiger partial charge in [0, 0.05) is 24.7 Å². The minimum absolute atomic E-state index is 0.0880. The summed E-state index contributed by atoms with van der Waals surface area (Å²) in [6, 6.07) is 3.21. The van der Waals surface area contributed by atoms with Gasteiger partial charge in [0.2, 0.25) is 0 Å². The topological polar surface area (TPSA) is 46.3 Å². The molecular formula is C15H19F3N2O. The molecule has 1 saturated heterocycles. The SMILES string of the molecule is C[C@H](N)C1CCN(C(=O)c2ccc(C(F)F)c(F)c2)CC1. The lowest BCUT2D eigenvalue weighted by Crippen LogP contribution is -2.42. The highest BCUT2D eigenvalue weighted by atomic mass is 19.3. The van der Waals surface area contributed by atoms with Crippen molar-refractivity contribution in [1.29, 1.82) is 0 Å². The number of hydrogen-bond donors (Lipinski definition) is 1. The lowest BCUT2D eigenvalue weighted by molar-refractivity contribution is 0.0680. The Morgan fingerprint density at radius 1 is 1.33 bits per heavy atom. The lowest BCUT2D eigenvalue weighted by atomic mass is 9.90. The highest BCUT2D eigenvalue weighted by Gasteiger charge is 2.26. The molecule has 0 aromatic heterocycles. The number of rotatable bonds is 3. The van der Waals surface area contributed by atoms with Crippen molar-refractivity contribution in [3.8, 4) is 0 Å². The minimum atomic E-state index is -2.88. The van der Waals surface area contributed by atoms with Gasteiger partial charge < -0.3 is 10.6 Å². The normalized spacial score (nSPS) is 18.1. The third kappa shape index (κ3) is 3.56. The number of nitrogens with two attached hydrogens (primary N) is 1. The van der Waals surface area contributed by atoms with Crippen LogP contribution >= 0.6 is 0 Å². The predicted molar refractivity (Wildman–Crippen MR) is 73.6 cm³/mol. The first-order valence-corrected chi connectivity index (χ1v) is 7.02. The number of carbonyl (C=O) groups excluding carboxylic acids is 1. The van der Waals surface area contributed by atoms with Crippen LogP contribution in [-0.2, 0) is 0 Å². The van der Waals surface area contributed by atoms with Crippen LogP contribution in [0.4, 0.5) is 13.2 Å². The molecule has 116 valence electrons. The fourth-order valence-electron chi connectivity index (χ4n) is 2.65. The van der Waals surface area contributed by atoms with E-state index in [9.17, 15) is 18.0 Å². The molecule has 1 fully saturated rings. The number of carbonyl (C=O) groups is 1. The summed E-state index contributed by atoms with van der Waals surface area (Å²) < 4.78 is 38.5. The van der Waals surface area contributed by atoms with Crippen molar-refractivity contribution in [2.45, 2.75) is 32.2 Å².